The Kier molecular flexibility index (Phi) is 3.75. The Bertz CT molecular complexity index is 444. The van der Waals surface area contributed by atoms with E-state index in [1.54, 1.807) is 11.8 Å². The zero-order chi connectivity index (χ0) is 13.3. The number of hydrogen-bond acceptors (Lipinski definition) is 3. The second-order valence-electron chi connectivity index (χ2n) is 5.01. The van der Waals surface area contributed by atoms with Crippen LogP contribution in [0.3, 0.4) is 0 Å². The second-order valence-corrected chi connectivity index (χ2v) is 5.92. The van der Waals surface area contributed by atoms with Crippen LogP contribution in [0.5, 0.6) is 0 Å². The van der Waals surface area contributed by atoms with Crippen LogP contribution in [0, 0.1) is 0 Å². The molecule has 0 bridgehead atoms. The summed E-state index contributed by atoms with van der Waals surface area (Å²) in [6.45, 7) is 3.05. The Labute approximate surface area is 115 Å². The van der Waals surface area contributed by atoms with Gasteiger partial charge in [0, 0.05) is 23.6 Å². The Hall–Kier alpha value is -0.910. The maximum absolute atomic E-state index is 12.4. The first-order valence-electron chi connectivity index (χ1n) is 6.01. The molecule has 1 aromatic rings. The van der Waals surface area contributed by atoms with Crippen LogP contribution >= 0.6 is 15.9 Å². The van der Waals surface area contributed by atoms with Crippen LogP contribution in [0.2, 0.25) is 0 Å². The zero-order valence-electron chi connectivity index (χ0n) is 10.4. The molecule has 1 heterocycles. The average Bonchev–Trinajstić information content (AvgIpc) is 2.75. The second kappa shape index (κ2) is 4.99. The topological polar surface area (TPSA) is 72.4 Å². The van der Waals surface area contributed by atoms with E-state index in [1.807, 2.05) is 24.3 Å². The van der Waals surface area contributed by atoms with Gasteiger partial charge in [-0.25, -0.2) is 0 Å². The summed E-state index contributed by atoms with van der Waals surface area (Å²) in [7, 11) is 0. The molecule has 2 rings (SSSR count). The number of carbonyl (C=O) groups is 1. The van der Waals surface area contributed by atoms with Crippen LogP contribution in [-0.4, -0.2) is 29.9 Å². The fourth-order valence-electron chi connectivity index (χ4n) is 2.22. The molecule has 4 nitrogen and oxygen atoms in total. The van der Waals surface area contributed by atoms with Gasteiger partial charge in [-0.15, -0.1) is 0 Å². The van der Waals surface area contributed by atoms with Crippen LogP contribution in [0.15, 0.2) is 28.7 Å². The molecule has 1 aromatic carbocycles. The van der Waals surface area contributed by atoms with E-state index >= 15 is 0 Å². The maximum Gasteiger partial charge on any atom is 0.247 e. The minimum absolute atomic E-state index is 0.0576. The van der Waals surface area contributed by atoms with E-state index in [0.29, 0.717) is 13.1 Å². The number of benzene rings is 1. The molecule has 18 heavy (non-hydrogen) atoms. The summed E-state index contributed by atoms with van der Waals surface area (Å²) in [6.07, 6.45) is 0.849. The highest BCUT2D eigenvalue weighted by Gasteiger charge is 2.36. The molecule has 98 valence electrons. The van der Waals surface area contributed by atoms with Gasteiger partial charge in [-0.1, -0.05) is 28.1 Å². The molecule has 1 amide bonds. The molecule has 0 aromatic heterocycles. The van der Waals surface area contributed by atoms with Gasteiger partial charge in [0.25, 0.3) is 0 Å². The van der Waals surface area contributed by atoms with Gasteiger partial charge in [0.05, 0.1) is 0 Å². The number of halogens is 1. The van der Waals surface area contributed by atoms with Crippen molar-refractivity contribution in [1.82, 2.24) is 4.90 Å². The summed E-state index contributed by atoms with van der Waals surface area (Å²) in [6, 6.07) is 7.61. The fraction of sp³-hybridized carbons (Fsp3) is 0.462. The van der Waals surface area contributed by atoms with E-state index in [0.717, 1.165) is 16.5 Å². The number of nitrogens with two attached hydrogens (primary N) is 2. The first-order valence-corrected chi connectivity index (χ1v) is 6.80. The van der Waals surface area contributed by atoms with Gasteiger partial charge in [0.1, 0.15) is 5.54 Å². The van der Waals surface area contributed by atoms with Crippen LogP contribution in [-0.2, 0) is 10.3 Å². The molecule has 4 N–H and O–H groups in total. The smallest absolute Gasteiger partial charge is 0.247 e. The number of likely N-dealkylation sites (tertiary alicyclic amines) is 1. The molecule has 0 spiro atoms. The lowest BCUT2D eigenvalue weighted by Gasteiger charge is -2.29. The molecule has 1 aliphatic rings. The van der Waals surface area contributed by atoms with Crippen molar-refractivity contribution < 1.29 is 4.79 Å². The van der Waals surface area contributed by atoms with Gasteiger partial charge < -0.3 is 16.4 Å². The first kappa shape index (κ1) is 13.5. The van der Waals surface area contributed by atoms with Crippen molar-refractivity contribution in [2.75, 3.05) is 13.1 Å². The lowest BCUT2D eigenvalue weighted by Crippen LogP contribution is -2.50. The summed E-state index contributed by atoms with van der Waals surface area (Å²) < 4.78 is 0.970. The van der Waals surface area contributed by atoms with Crippen LogP contribution in [0.4, 0.5) is 0 Å². The maximum atomic E-state index is 12.4. The Morgan fingerprint density at radius 2 is 2.06 bits per heavy atom. The predicted molar refractivity (Wildman–Crippen MR) is 74.9 cm³/mol. The summed E-state index contributed by atoms with van der Waals surface area (Å²) in [5.41, 5.74) is 11.9. The van der Waals surface area contributed by atoms with E-state index in [9.17, 15) is 4.79 Å². The van der Waals surface area contributed by atoms with E-state index in [1.165, 1.54) is 0 Å². The predicted octanol–water partition coefficient (Wildman–Crippen LogP) is 1.18. The summed E-state index contributed by atoms with van der Waals surface area (Å²) in [5, 5.41) is 0. The molecule has 0 saturated carbocycles. The van der Waals surface area contributed by atoms with Crippen molar-refractivity contribution >= 4 is 21.8 Å². The van der Waals surface area contributed by atoms with Gasteiger partial charge in [0.2, 0.25) is 5.91 Å². The van der Waals surface area contributed by atoms with Gasteiger partial charge in [-0.2, -0.15) is 0 Å². The molecular formula is C13H18BrN3O. The van der Waals surface area contributed by atoms with Crippen molar-refractivity contribution in [3.05, 3.63) is 34.3 Å². The van der Waals surface area contributed by atoms with Crippen LogP contribution in [0.1, 0.15) is 18.9 Å². The molecule has 5 heteroatoms. The van der Waals surface area contributed by atoms with Crippen molar-refractivity contribution in [3.63, 3.8) is 0 Å². The third-order valence-electron chi connectivity index (χ3n) is 3.40. The standard InChI is InChI=1S/C13H18BrN3O/c1-13(16,9-2-4-10(14)5-3-9)12(18)17-7-6-11(15)8-17/h2-5,11H,6-8,15-16H2,1H3/t11-,13?/m0/s1. The van der Waals surface area contributed by atoms with E-state index in [2.05, 4.69) is 15.9 Å². The molecule has 0 aliphatic carbocycles. The highest BCUT2D eigenvalue weighted by atomic mass is 79.9. The van der Waals surface area contributed by atoms with Crippen LogP contribution in [0.25, 0.3) is 0 Å². The minimum Gasteiger partial charge on any atom is -0.339 e. The van der Waals surface area contributed by atoms with Crippen molar-refractivity contribution in [1.29, 1.82) is 0 Å². The van der Waals surface area contributed by atoms with Gasteiger partial charge in [-0.3, -0.25) is 4.79 Å². The number of hydrogen-bond donors (Lipinski definition) is 2. The van der Waals surface area contributed by atoms with E-state index < -0.39 is 5.54 Å². The van der Waals surface area contributed by atoms with E-state index in [4.69, 9.17) is 11.5 Å². The number of rotatable bonds is 2. The Morgan fingerprint density at radius 3 is 2.56 bits per heavy atom. The Morgan fingerprint density at radius 1 is 1.44 bits per heavy atom. The van der Waals surface area contributed by atoms with Gasteiger partial charge >= 0.3 is 0 Å². The number of carbonyl (C=O) groups excluding carboxylic acids is 1. The third-order valence-corrected chi connectivity index (χ3v) is 3.93. The molecule has 1 unspecified atom stereocenters. The molecule has 1 aliphatic heterocycles. The first-order chi connectivity index (χ1) is 8.41. The van der Waals surface area contributed by atoms with E-state index in [-0.39, 0.29) is 11.9 Å². The molecule has 1 saturated heterocycles. The van der Waals surface area contributed by atoms with Gasteiger partial charge in [0.15, 0.2) is 0 Å². The lowest BCUT2D eigenvalue weighted by atomic mass is 9.92. The van der Waals surface area contributed by atoms with Crippen LogP contribution < -0.4 is 11.5 Å². The molecule has 1 fully saturated rings. The number of nitrogens with zero attached hydrogens (tertiary/aromatic N) is 1. The van der Waals surface area contributed by atoms with Crippen molar-refractivity contribution in [2.45, 2.75) is 24.9 Å². The monoisotopic (exact) mass is 311 g/mol. The van der Waals surface area contributed by atoms with Gasteiger partial charge in [-0.05, 0) is 31.0 Å². The summed E-state index contributed by atoms with van der Waals surface area (Å²) in [4.78, 5) is 14.2. The third kappa shape index (κ3) is 2.58. The highest BCUT2D eigenvalue weighted by Crippen LogP contribution is 2.24. The summed E-state index contributed by atoms with van der Waals surface area (Å²) >= 11 is 3.37. The number of amides is 1. The highest BCUT2D eigenvalue weighted by molar-refractivity contribution is 9.10. The largest absolute Gasteiger partial charge is 0.339 e. The Balaban J connectivity index is 2.19. The minimum atomic E-state index is -0.995. The molecule has 2 atom stereocenters. The lowest BCUT2D eigenvalue weighted by molar-refractivity contribution is -0.135. The molecular weight excluding hydrogens is 294 g/mol. The van der Waals surface area contributed by atoms with Crippen molar-refractivity contribution in [3.8, 4) is 0 Å². The fourth-order valence-corrected chi connectivity index (χ4v) is 2.48. The molecule has 0 radical (unpaired) electrons. The normalized spacial score (nSPS) is 22.9. The zero-order valence-corrected chi connectivity index (χ0v) is 12.0. The quantitative estimate of drug-likeness (QED) is 0.861. The summed E-state index contributed by atoms with van der Waals surface area (Å²) in [5.74, 6) is -0.0576. The average molecular weight is 312 g/mol. The SMILES string of the molecule is CC(N)(C(=O)N1CC[C@H](N)C1)c1ccc(Br)cc1. The van der Waals surface area contributed by atoms with Crippen molar-refractivity contribution in [2.24, 2.45) is 11.5 Å².